The molecule has 110 valence electrons. The van der Waals surface area contributed by atoms with Gasteiger partial charge >= 0.3 is 0 Å². The maximum absolute atomic E-state index is 13.2. The van der Waals surface area contributed by atoms with Crippen LogP contribution in [0.1, 0.15) is 18.4 Å². The minimum absolute atomic E-state index is 0.209. The molecule has 1 saturated heterocycles. The van der Waals surface area contributed by atoms with Gasteiger partial charge in [0, 0.05) is 35.5 Å². The fraction of sp³-hybridized carbons (Fsp3) is 0.294. The van der Waals surface area contributed by atoms with E-state index in [1.807, 2.05) is 0 Å². The van der Waals surface area contributed by atoms with Crippen LogP contribution in [-0.4, -0.2) is 13.1 Å². The Morgan fingerprint density at radius 1 is 1.05 bits per heavy atom. The normalized spacial score (nSPS) is 14.5. The molecular formula is C17H18BrFN2. The maximum Gasteiger partial charge on any atom is 0.123 e. The van der Waals surface area contributed by atoms with E-state index in [0.29, 0.717) is 6.54 Å². The molecule has 2 aromatic rings. The second-order valence-corrected chi connectivity index (χ2v) is 6.18. The molecule has 21 heavy (non-hydrogen) atoms. The fourth-order valence-electron chi connectivity index (χ4n) is 2.64. The first kappa shape index (κ1) is 14.4. The van der Waals surface area contributed by atoms with E-state index in [4.69, 9.17) is 0 Å². The molecule has 2 nitrogen and oxygen atoms in total. The van der Waals surface area contributed by atoms with E-state index < -0.39 is 0 Å². The molecule has 0 radical (unpaired) electrons. The summed E-state index contributed by atoms with van der Waals surface area (Å²) in [5, 5.41) is 3.33. The standard InChI is InChI=1S/C17H18BrFN2/c18-17-8-3-14(19)11-13(17)12-20-15-4-6-16(7-5-15)21-9-1-2-10-21/h3-8,11,20H,1-2,9-10,12H2. The first-order chi connectivity index (χ1) is 10.2. The molecule has 0 unspecified atom stereocenters. The summed E-state index contributed by atoms with van der Waals surface area (Å²) < 4.78 is 14.2. The summed E-state index contributed by atoms with van der Waals surface area (Å²) in [6, 6.07) is 13.2. The summed E-state index contributed by atoms with van der Waals surface area (Å²) in [6.07, 6.45) is 2.57. The molecule has 1 fully saturated rings. The van der Waals surface area contributed by atoms with Crippen LogP contribution >= 0.6 is 15.9 Å². The van der Waals surface area contributed by atoms with Crippen molar-refractivity contribution in [1.29, 1.82) is 0 Å². The molecule has 1 aliphatic heterocycles. The molecule has 0 spiro atoms. The van der Waals surface area contributed by atoms with Crippen LogP contribution in [0.4, 0.5) is 15.8 Å². The topological polar surface area (TPSA) is 15.3 Å². The third kappa shape index (κ3) is 3.56. The SMILES string of the molecule is Fc1ccc(Br)c(CNc2ccc(N3CCCC3)cc2)c1. The Labute approximate surface area is 133 Å². The van der Waals surface area contributed by atoms with Crippen LogP contribution in [0, 0.1) is 5.82 Å². The van der Waals surface area contributed by atoms with E-state index >= 15 is 0 Å². The zero-order chi connectivity index (χ0) is 14.7. The number of rotatable bonds is 4. The van der Waals surface area contributed by atoms with Gasteiger partial charge in [0.15, 0.2) is 0 Å². The first-order valence-corrected chi connectivity index (χ1v) is 8.04. The highest BCUT2D eigenvalue weighted by Gasteiger charge is 2.11. The summed E-state index contributed by atoms with van der Waals surface area (Å²) in [4.78, 5) is 2.41. The van der Waals surface area contributed by atoms with Gasteiger partial charge in [0.1, 0.15) is 5.82 Å². The zero-order valence-electron chi connectivity index (χ0n) is 11.8. The smallest absolute Gasteiger partial charge is 0.123 e. The zero-order valence-corrected chi connectivity index (χ0v) is 13.4. The lowest BCUT2D eigenvalue weighted by Gasteiger charge is -2.18. The molecule has 0 atom stereocenters. The fourth-order valence-corrected chi connectivity index (χ4v) is 3.03. The van der Waals surface area contributed by atoms with Gasteiger partial charge in [-0.2, -0.15) is 0 Å². The van der Waals surface area contributed by atoms with Crippen LogP contribution < -0.4 is 10.2 Å². The minimum atomic E-state index is -0.209. The maximum atomic E-state index is 13.2. The van der Waals surface area contributed by atoms with E-state index in [-0.39, 0.29) is 5.82 Å². The summed E-state index contributed by atoms with van der Waals surface area (Å²) >= 11 is 3.45. The summed E-state index contributed by atoms with van der Waals surface area (Å²) in [5.41, 5.74) is 3.25. The number of nitrogens with one attached hydrogen (secondary N) is 1. The van der Waals surface area contributed by atoms with Crippen molar-refractivity contribution in [3.8, 4) is 0 Å². The average molecular weight is 349 g/mol. The Balaban J connectivity index is 1.64. The second-order valence-electron chi connectivity index (χ2n) is 5.33. The van der Waals surface area contributed by atoms with Crippen LogP contribution in [-0.2, 0) is 6.54 Å². The molecular weight excluding hydrogens is 331 g/mol. The molecule has 1 aliphatic rings. The largest absolute Gasteiger partial charge is 0.381 e. The van der Waals surface area contributed by atoms with Crippen LogP contribution in [0.15, 0.2) is 46.9 Å². The Bertz CT molecular complexity index is 607. The van der Waals surface area contributed by atoms with Crippen LogP contribution in [0.5, 0.6) is 0 Å². The summed E-state index contributed by atoms with van der Waals surface area (Å²) in [6.45, 7) is 2.91. The van der Waals surface area contributed by atoms with Gasteiger partial charge in [-0.25, -0.2) is 4.39 Å². The number of anilines is 2. The molecule has 0 amide bonds. The second kappa shape index (κ2) is 6.48. The van der Waals surface area contributed by atoms with Crippen molar-refractivity contribution in [1.82, 2.24) is 0 Å². The number of halogens is 2. The van der Waals surface area contributed by atoms with Gasteiger partial charge in [0.2, 0.25) is 0 Å². The average Bonchev–Trinajstić information content (AvgIpc) is 3.03. The Morgan fingerprint density at radius 3 is 2.48 bits per heavy atom. The molecule has 0 saturated carbocycles. The van der Waals surface area contributed by atoms with Crippen molar-refractivity contribution in [3.05, 3.63) is 58.3 Å². The van der Waals surface area contributed by atoms with Crippen LogP contribution in [0.2, 0.25) is 0 Å². The van der Waals surface area contributed by atoms with E-state index in [2.05, 4.69) is 50.4 Å². The van der Waals surface area contributed by atoms with Gasteiger partial charge in [-0.15, -0.1) is 0 Å². The van der Waals surface area contributed by atoms with Crippen molar-refractivity contribution in [2.75, 3.05) is 23.3 Å². The first-order valence-electron chi connectivity index (χ1n) is 7.25. The number of benzene rings is 2. The third-order valence-electron chi connectivity index (χ3n) is 3.83. The predicted molar refractivity (Wildman–Crippen MR) is 89.3 cm³/mol. The third-order valence-corrected chi connectivity index (χ3v) is 4.60. The van der Waals surface area contributed by atoms with Crippen molar-refractivity contribution in [2.45, 2.75) is 19.4 Å². The number of nitrogens with zero attached hydrogens (tertiary/aromatic N) is 1. The Morgan fingerprint density at radius 2 is 1.76 bits per heavy atom. The van der Waals surface area contributed by atoms with Gasteiger partial charge in [0.25, 0.3) is 0 Å². The van der Waals surface area contributed by atoms with Crippen molar-refractivity contribution < 1.29 is 4.39 Å². The lowest BCUT2D eigenvalue weighted by Crippen LogP contribution is -2.17. The lowest BCUT2D eigenvalue weighted by atomic mass is 10.2. The highest BCUT2D eigenvalue weighted by molar-refractivity contribution is 9.10. The van der Waals surface area contributed by atoms with E-state index in [1.165, 1.54) is 24.6 Å². The van der Waals surface area contributed by atoms with Crippen molar-refractivity contribution >= 4 is 27.3 Å². The quantitative estimate of drug-likeness (QED) is 0.853. The van der Waals surface area contributed by atoms with Crippen LogP contribution in [0.3, 0.4) is 0 Å². The van der Waals surface area contributed by atoms with Gasteiger partial charge in [0.05, 0.1) is 0 Å². The van der Waals surface area contributed by atoms with Crippen molar-refractivity contribution in [2.24, 2.45) is 0 Å². The monoisotopic (exact) mass is 348 g/mol. The Kier molecular flexibility index (Phi) is 4.44. The van der Waals surface area contributed by atoms with Gasteiger partial charge in [-0.05, 0) is 60.9 Å². The molecule has 4 heteroatoms. The molecule has 2 aromatic carbocycles. The molecule has 1 heterocycles. The molecule has 0 bridgehead atoms. The summed E-state index contributed by atoms with van der Waals surface area (Å²) in [5.74, 6) is -0.209. The minimum Gasteiger partial charge on any atom is -0.381 e. The van der Waals surface area contributed by atoms with E-state index in [0.717, 1.165) is 28.8 Å². The summed E-state index contributed by atoms with van der Waals surface area (Å²) in [7, 11) is 0. The highest BCUT2D eigenvalue weighted by atomic mass is 79.9. The van der Waals surface area contributed by atoms with Gasteiger partial charge in [-0.3, -0.25) is 0 Å². The Hall–Kier alpha value is -1.55. The van der Waals surface area contributed by atoms with E-state index in [1.54, 1.807) is 12.1 Å². The van der Waals surface area contributed by atoms with Crippen LogP contribution in [0.25, 0.3) is 0 Å². The van der Waals surface area contributed by atoms with E-state index in [9.17, 15) is 4.39 Å². The molecule has 0 aromatic heterocycles. The molecule has 1 N–H and O–H groups in total. The lowest BCUT2D eigenvalue weighted by molar-refractivity contribution is 0.625. The van der Waals surface area contributed by atoms with Crippen molar-refractivity contribution in [3.63, 3.8) is 0 Å². The highest BCUT2D eigenvalue weighted by Crippen LogP contribution is 2.23. The number of hydrogen-bond acceptors (Lipinski definition) is 2. The predicted octanol–water partition coefficient (Wildman–Crippen LogP) is 4.80. The van der Waals surface area contributed by atoms with Gasteiger partial charge in [-0.1, -0.05) is 15.9 Å². The molecule has 0 aliphatic carbocycles. The number of hydrogen-bond donors (Lipinski definition) is 1. The van der Waals surface area contributed by atoms with Gasteiger partial charge < -0.3 is 10.2 Å². The molecule has 3 rings (SSSR count).